The van der Waals surface area contributed by atoms with E-state index in [1.807, 2.05) is 10.8 Å². The van der Waals surface area contributed by atoms with E-state index in [1.54, 1.807) is 6.33 Å². The maximum atomic E-state index is 11.8. The lowest BCUT2D eigenvalue weighted by Crippen LogP contribution is -2.44. The molecule has 0 spiro atoms. The highest BCUT2D eigenvalue weighted by Crippen LogP contribution is 2.45. The number of nitrogens with zero attached hydrogens (tertiary/aromatic N) is 4. The Morgan fingerprint density at radius 2 is 1.79 bits per heavy atom. The fraction of sp³-hybridized carbons (Fsp3) is 0.576. The monoisotopic (exact) mass is 546 g/mol. The number of pyridine rings is 1. The van der Waals surface area contributed by atoms with E-state index < -0.39 is 10.8 Å². The van der Waals surface area contributed by atoms with E-state index >= 15 is 0 Å². The summed E-state index contributed by atoms with van der Waals surface area (Å²) in [6, 6.07) is 8.57. The summed E-state index contributed by atoms with van der Waals surface area (Å²) in [6.45, 7) is 14.7. The third-order valence-electron chi connectivity index (χ3n) is 9.40. The van der Waals surface area contributed by atoms with Gasteiger partial charge in [0.05, 0.1) is 0 Å². The average molecular weight is 547 g/mol. The van der Waals surface area contributed by atoms with Crippen molar-refractivity contribution in [2.24, 2.45) is 5.92 Å². The van der Waals surface area contributed by atoms with Gasteiger partial charge in [0, 0.05) is 47.6 Å². The van der Waals surface area contributed by atoms with Crippen LogP contribution in [0.3, 0.4) is 0 Å². The van der Waals surface area contributed by atoms with Gasteiger partial charge in [-0.05, 0) is 109 Å². The molecule has 0 amide bonds. The van der Waals surface area contributed by atoms with Gasteiger partial charge >= 0.3 is 0 Å². The fourth-order valence-electron chi connectivity index (χ4n) is 7.32. The molecule has 4 heterocycles. The summed E-state index contributed by atoms with van der Waals surface area (Å²) in [5, 5.41) is 4.50. The van der Waals surface area contributed by atoms with Crippen LogP contribution in [0.15, 0.2) is 30.7 Å². The van der Waals surface area contributed by atoms with Crippen LogP contribution in [-0.4, -0.2) is 54.3 Å². The van der Waals surface area contributed by atoms with E-state index in [4.69, 9.17) is 0 Å². The molecule has 2 bridgehead atoms. The van der Waals surface area contributed by atoms with Crippen LogP contribution in [-0.2, 0) is 10.8 Å². The molecule has 0 saturated carbocycles. The first-order chi connectivity index (χ1) is 18.7. The van der Waals surface area contributed by atoms with Gasteiger partial charge in [-0.25, -0.2) is 9.50 Å². The van der Waals surface area contributed by atoms with Crippen molar-refractivity contribution < 1.29 is 4.21 Å². The number of fused-ring (bicyclic) bond motifs is 3. The Morgan fingerprint density at radius 3 is 2.44 bits per heavy atom. The van der Waals surface area contributed by atoms with E-state index in [2.05, 4.69) is 80.9 Å². The first-order valence-electron chi connectivity index (χ1n) is 14.9. The number of allylic oxidation sites excluding steroid dienone is 2. The molecular weight excluding hydrogens is 500 g/mol. The summed E-state index contributed by atoms with van der Waals surface area (Å²) < 4.78 is 13.7. The maximum Gasteiger partial charge on any atom is 0.158 e. The molecule has 2 aliphatic heterocycles. The van der Waals surface area contributed by atoms with Crippen molar-refractivity contribution in [3.8, 4) is 0 Å². The highest BCUT2D eigenvalue weighted by atomic mass is 32.2. The van der Waals surface area contributed by atoms with E-state index in [0.29, 0.717) is 23.9 Å². The van der Waals surface area contributed by atoms with E-state index in [9.17, 15) is 4.21 Å². The topological polar surface area (TPSA) is 50.5 Å². The van der Waals surface area contributed by atoms with E-state index in [0.717, 1.165) is 30.8 Å². The zero-order valence-corrected chi connectivity index (χ0v) is 25.8. The van der Waals surface area contributed by atoms with Crippen LogP contribution >= 0.6 is 0 Å². The molecule has 2 aliphatic rings. The minimum absolute atomic E-state index is 0.402. The third kappa shape index (κ3) is 5.52. The molecule has 39 heavy (non-hydrogen) atoms. The average Bonchev–Trinajstić information content (AvgIpc) is 3.46. The molecule has 3 aromatic rings. The predicted molar refractivity (Wildman–Crippen MR) is 165 cm³/mol. The van der Waals surface area contributed by atoms with Crippen molar-refractivity contribution in [1.82, 2.24) is 19.5 Å². The van der Waals surface area contributed by atoms with Gasteiger partial charge in [-0.2, -0.15) is 5.10 Å². The van der Waals surface area contributed by atoms with Crippen molar-refractivity contribution in [3.05, 3.63) is 64.1 Å². The van der Waals surface area contributed by atoms with Crippen LogP contribution in [0.4, 0.5) is 0 Å². The highest BCUT2D eigenvalue weighted by molar-refractivity contribution is 7.84. The van der Waals surface area contributed by atoms with E-state index in [-0.39, 0.29) is 0 Å². The van der Waals surface area contributed by atoms with Gasteiger partial charge in [-0.15, -0.1) is 0 Å². The molecule has 210 valence electrons. The maximum absolute atomic E-state index is 11.8. The minimum Gasteiger partial charge on any atom is -0.296 e. The molecule has 5 nitrogen and oxygen atoms in total. The Hall–Kier alpha value is -2.31. The standard InChI is InChI=1S/C33H46N4OS/c1-8-9-29(31-19-37-33(34-20-35-37)24(6)23(31)5)32(21(2)3)30-18-25(11-10-22(30)4)26-16-27-12-13-28(17-26)36(27)14-15-39(7)38/h10-11,18-21,26-28H,8-9,12-17H2,1-7H3/b32-29+. The summed E-state index contributed by atoms with van der Waals surface area (Å²) in [7, 11) is -0.717. The van der Waals surface area contributed by atoms with Gasteiger partial charge in [-0.3, -0.25) is 9.11 Å². The van der Waals surface area contributed by atoms with Gasteiger partial charge in [0.15, 0.2) is 5.65 Å². The number of hydrogen-bond donors (Lipinski definition) is 0. The number of benzene rings is 1. The van der Waals surface area contributed by atoms with E-state index in [1.165, 1.54) is 70.2 Å². The summed E-state index contributed by atoms with van der Waals surface area (Å²) in [6.07, 6.45) is 12.9. The lowest BCUT2D eigenvalue weighted by Gasteiger charge is -2.39. The van der Waals surface area contributed by atoms with Gasteiger partial charge in [-0.1, -0.05) is 45.4 Å². The summed E-state index contributed by atoms with van der Waals surface area (Å²) in [4.78, 5) is 7.18. The second-order valence-electron chi connectivity index (χ2n) is 12.3. The first kappa shape index (κ1) is 28.2. The van der Waals surface area contributed by atoms with Crippen LogP contribution in [0, 0.1) is 26.7 Å². The normalized spacial score (nSPS) is 23.0. The molecule has 6 heteroatoms. The minimum atomic E-state index is -0.717. The first-order valence-corrected chi connectivity index (χ1v) is 16.6. The molecule has 0 N–H and O–H groups in total. The Bertz CT molecular complexity index is 1390. The lowest BCUT2D eigenvalue weighted by atomic mass is 9.79. The van der Waals surface area contributed by atoms with Gasteiger partial charge < -0.3 is 0 Å². The lowest BCUT2D eigenvalue weighted by molar-refractivity contribution is 0.135. The van der Waals surface area contributed by atoms with Crippen LogP contribution in [0.2, 0.25) is 0 Å². The molecule has 1 aromatic carbocycles. The zero-order chi connectivity index (χ0) is 27.8. The van der Waals surface area contributed by atoms with Gasteiger partial charge in [0.1, 0.15) is 6.33 Å². The molecule has 2 aromatic heterocycles. The third-order valence-corrected chi connectivity index (χ3v) is 10.2. The Kier molecular flexibility index (Phi) is 8.44. The molecule has 0 aliphatic carbocycles. The van der Waals surface area contributed by atoms with Crippen molar-refractivity contribution in [2.45, 2.75) is 98.1 Å². The SMILES string of the molecule is CCC/C(=C(\c1cc(C2CC3CCC(C2)N3CCS(C)=O)ccc1C)C(C)C)c1cn2ncnc2c(C)c1C. The highest BCUT2D eigenvalue weighted by Gasteiger charge is 2.40. The summed E-state index contributed by atoms with van der Waals surface area (Å²) in [5.41, 5.74) is 12.0. The van der Waals surface area contributed by atoms with Crippen LogP contribution in [0.5, 0.6) is 0 Å². The van der Waals surface area contributed by atoms with Crippen molar-refractivity contribution >= 4 is 27.6 Å². The predicted octanol–water partition coefficient (Wildman–Crippen LogP) is 7.11. The molecule has 5 rings (SSSR count). The van der Waals surface area contributed by atoms with Gasteiger partial charge in [0.25, 0.3) is 0 Å². The second kappa shape index (κ2) is 11.7. The van der Waals surface area contributed by atoms with Crippen LogP contribution < -0.4 is 0 Å². The molecule has 3 unspecified atom stereocenters. The number of aryl methyl sites for hydroxylation is 2. The number of piperidine rings is 1. The molecule has 2 fully saturated rings. The largest absolute Gasteiger partial charge is 0.296 e. The van der Waals surface area contributed by atoms with Crippen molar-refractivity contribution in [2.75, 3.05) is 18.6 Å². The molecule has 2 saturated heterocycles. The van der Waals surface area contributed by atoms with Crippen LogP contribution in [0.25, 0.3) is 16.8 Å². The Balaban J connectivity index is 1.56. The number of rotatable bonds is 9. The molecular formula is C33H46N4OS. The fourth-order valence-corrected chi connectivity index (χ4v) is 7.79. The quantitative estimate of drug-likeness (QED) is 0.287. The second-order valence-corrected chi connectivity index (χ2v) is 13.8. The summed E-state index contributed by atoms with van der Waals surface area (Å²) in [5.74, 6) is 1.80. The Labute approximate surface area is 237 Å². The van der Waals surface area contributed by atoms with Crippen molar-refractivity contribution in [1.29, 1.82) is 0 Å². The zero-order valence-electron chi connectivity index (χ0n) is 25.0. The van der Waals surface area contributed by atoms with Crippen molar-refractivity contribution in [3.63, 3.8) is 0 Å². The number of aromatic nitrogens is 3. The smallest absolute Gasteiger partial charge is 0.158 e. The van der Waals surface area contributed by atoms with Crippen LogP contribution in [0.1, 0.15) is 98.6 Å². The van der Waals surface area contributed by atoms with Gasteiger partial charge in [0.2, 0.25) is 0 Å². The Morgan fingerprint density at radius 1 is 1.08 bits per heavy atom. The summed E-state index contributed by atoms with van der Waals surface area (Å²) >= 11 is 0. The molecule has 0 radical (unpaired) electrons. The molecule has 3 atom stereocenters. The number of hydrogen-bond acceptors (Lipinski definition) is 4.